The third kappa shape index (κ3) is 14.5. The van der Waals surface area contributed by atoms with Crippen LogP contribution in [0.2, 0.25) is 0 Å². The topological polar surface area (TPSA) is 171 Å². The Bertz CT molecular complexity index is 831. The number of hydrogen-bond acceptors (Lipinski definition) is 7. The van der Waals surface area contributed by atoms with Crippen molar-refractivity contribution >= 4 is 35.6 Å². The highest BCUT2D eigenvalue weighted by molar-refractivity contribution is 5.93. The maximum atomic E-state index is 13.4. The minimum atomic E-state index is -1.35. The van der Waals surface area contributed by atoms with Crippen molar-refractivity contribution in [2.75, 3.05) is 26.2 Å². The number of aliphatic carboxylic acids is 2. The lowest BCUT2D eigenvalue weighted by Crippen LogP contribution is -2.54. The van der Waals surface area contributed by atoms with Crippen molar-refractivity contribution in [3.63, 3.8) is 0 Å². The first-order chi connectivity index (χ1) is 18.3. The average molecular weight is 558 g/mol. The fraction of sp³-hybridized carbons (Fsp3) is 0.778. The molecule has 224 valence electrons. The molecule has 0 fully saturated rings. The highest BCUT2D eigenvalue weighted by Crippen LogP contribution is 2.12. The standard InChI is InChI=1S/C27H47N3O9/c1-7-10-12-29(17-25(36)39-20(9-3)14-23(32)33)22(31)16-30(13-11-8-2)27(38)21(15-24(34)35)28-26(37)19(6)18(4)5/h18-21H,7-17H2,1-6H3,(H,28,37)(H,32,33)(H,34,35)/t19-,20?,21-/m0/s1. The zero-order valence-electron chi connectivity index (χ0n) is 24.2. The Morgan fingerprint density at radius 2 is 1.33 bits per heavy atom. The number of unbranched alkanes of at least 4 members (excludes halogenated alkanes) is 2. The van der Waals surface area contributed by atoms with Crippen molar-refractivity contribution in [1.29, 1.82) is 0 Å². The molecule has 12 heteroatoms. The monoisotopic (exact) mass is 557 g/mol. The van der Waals surface area contributed by atoms with E-state index in [0.717, 1.165) is 6.42 Å². The van der Waals surface area contributed by atoms with Crippen molar-refractivity contribution in [1.82, 2.24) is 15.1 Å². The lowest BCUT2D eigenvalue weighted by molar-refractivity contribution is -0.157. The largest absolute Gasteiger partial charge is 0.481 e. The summed E-state index contributed by atoms with van der Waals surface area (Å²) in [5.41, 5.74) is 0. The highest BCUT2D eigenvalue weighted by atomic mass is 16.5. The molecule has 0 aliphatic carbocycles. The number of amides is 3. The second-order valence-electron chi connectivity index (χ2n) is 10.1. The highest BCUT2D eigenvalue weighted by Gasteiger charge is 2.32. The maximum absolute atomic E-state index is 13.4. The summed E-state index contributed by atoms with van der Waals surface area (Å²) in [7, 11) is 0. The van der Waals surface area contributed by atoms with E-state index in [0.29, 0.717) is 25.7 Å². The van der Waals surface area contributed by atoms with Gasteiger partial charge in [0.15, 0.2) is 0 Å². The van der Waals surface area contributed by atoms with Gasteiger partial charge in [-0.15, -0.1) is 0 Å². The number of nitrogens with one attached hydrogen (secondary N) is 1. The zero-order chi connectivity index (χ0) is 30.1. The molecule has 0 heterocycles. The number of carbonyl (C=O) groups excluding carboxylic acids is 4. The summed E-state index contributed by atoms with van der Waals surface area (Å²) in [5, 5.41) is 20.9. The van der Waals surface area contributed by atoms with Crippen molar-refractivity contribution in [2.45, 2.75) is 98.6 Å². The Hall–Kier alpha value is -3.18. The molecule has 0 aromatic carbocycles. The summed E-state index contributed by atoms with van der Waals surface area (Å²) in [6.07, 6.45) is 1.04. The number of rotatable bonds is 20. The first-order valence-corrected chi connectivity index (χ1v) is 13.8. The van der Waals surface area contributed by atoms with Crippen LogP contribution in [0.3, 0.4) is 0 Å². The number of hydrogen-bond donors (Lipinski definition) is 3. The van der Waals surface area contributed by atoms with Crippen LogP contribution in [0.25, 0.3) is 0 Å². The Balaban J connectivity index is 5.79. The van der Waals surface area contributed by atoms with E-state index in [9.17, 15) is 33.9 Å². The quantitative estimate of drug-likeness (QED) is 0.190. The third-order valence-corrected chi connectivity index (χ3v) is 6.44. The summed E-state index contributed by atoms with van der Waals surface area (Å²) < 4.78 is 5.25. The van der Waals surface area contributed by atoms with Crippen LogP contribution in [0.5, 0.6) is 0 Å². The van der Waals surface area contributed by atoms with Crippen LogP contribution in [0.4, 0.5) is 0 Å². The van der Waals surface area contributed by atoms with Gasteiger partial charge in [0.05, 0.1) is 19.4 Å². The maximum Gasteiger partial charge on any atom is 0.325 e. The molecule has 0 bridgehead atoms. The van der Waals surface area contributed by atoms with E-state index in [4.69, 9.17) is 9.84 Å². The molecular weight excluding hydrogens is 510 g/mol. The molecule has 3 atom stereocenters. The molecule has 0 aliphatic rings. The second kappa shape index (κ2) is 19.0. The van der Waals surface area contributed by atoms with Gasteiger partial charge in [0.2, 0.25) is 17.7 Å². The molecule has 3 amide bonds. The second-order valence-corrected chi connectivity index (χ2v) is 10.1. The average Bonchev–Trinajstić information content (AvgIpc) is 2.86. The fourth-order valence-corrected chi connectivity index (χ4v) is 3.56. The molecule has 0 aromatic heterocycles. The van der Waals surface area contributed by atoms with E-state index in [-0.39, 0.29) is 25.4 Å². The van der Waals surface area contributed by atoms with Gasteiger partial charge in [0, 0.05) is 19.0 Å². The first kappa shape index (κ1) is 35.8. The van der Waals surface area contributed by atoms with Crippen LogP contribution in [-0.2, 0) is 33.5 Å². The lowest BCUT2D eigenvalue weighted by Gasteiger charge is -2.30. The van der Waals surface area contributed by atoms with Crippen LogP contribution >= 0.6 is 0 Å². The summed E-state index contributed by atoms with van der Waals surface area (Å²) in [4.78, 5) is 76.9. The SMILES string of the molecule is CCCCN(CC(=O)OC(CC)CC(=O)O)C(=O)CN(CCCC)C(=O)[C@H](CC(=O)O)NC(=O)[C@@H](C)C(C)C. The molecule has 0 aromatic rings. The zero-order valence-corrected chi connectivity index (χ0v) is 24.2. The van der Waals surface area contributed by atoms with Gasteiger partial charge < -0.3 is 30.1 Å². The molecule has 39 heavy (non-hydrogen) atoms. The van der Waals surface area contributed by atoms with E-state index >= 15 is 0 Å². The molecule has 0 rings (SSSR count). The van der Waals surface area contributed by atoms with Crippen molar-refractivity contribution < 1.29 is 43.7 Å². The van der Waals surface area contributed by atoms with Crippen molar-refractivity contribution in [2.24, 2.45) is 11.8 Å². The van der Waals surface area contributed by atoms with Gasteiger partial charge in [0.1, 0.15) is 18.7 Å². The minimum absolute atomic E-state index is 0.0296. The van der Waals surface area contributed by atoms with E-state index in [1.807, 2.05) is 27.7 Å². The van der Waals surface area contributed by atoms with Crippen LogP contribution in [0.1, 0.15) is 86.5 Å². The number of nitrogens with zero attached hydrogens (tertiary/aromatic N) is 2. The number of esters is 1. The Morgan fingerprint density at radius 1 is 0.795 bits per heavy atom. The van der Waals surface area contributed by atoms with Gasteiger partial charge in [-0.3, -0.25) is 28.8 Å². The molecule has 3 N–H and O–H groups in total. The van der Waals surface area contributed by atoms with Crippen LogP contribution in [0, 0.1) is 11.8 Å². The summed E-state index contributed by atoms with van der Waals surface area (Å²) in [5.74, 6) is -5.29. The van der Waals surface area contributed by atoms with Crippen molar-refractivity contribution in [3.8, 4) is 0 Å². The van der Waals surface area contributed by atoms with Crippen molar-refractivity contribution in [3.05, 3.63) is 0 Å². The fourth-order valence-electron chi connectivity index (χ4n) is 3.56. The van der Waals surface area contributed by atoms with E-state index in [1.165, 1.54) is 9.80 Å². The summed E-state index contributed by atoms with van der Waals surface area (Å²) in [6.45, 7) is 10.4. The van der Waals surface area contributed by atoms with Gasteiger partial charge in [-0.1, -0.05) is 54.4 Å². The Labute approximate surface area is 231 Å². The normalized spacial score (nSPS) is 13.2. The smallest absolute Gasteiger partial charge is 0.325 e. The minimum Gasteiger partial charge on any atom is -0.481 e. The molecule has 0 saturated carbocycles. The molecule has 0 radical (unpaired) electrons. The molecule has 0 aliphatic heterocycles. The predicted molar refractivity (Wildman–Crippen MR) is 144 cm³/mol. The Morgan fingerprint density at radius 3 is 1.79 bits per heavy atom. The first-order valence-electron chi connectivity index (χ1n) is 13.8. The van der Waals surface area contributed by atoms with Crippen LogP contribution in [-0.4, -0.2) is 94.0 Å². The number of ether oxygens (including phenoxy) is 1. The van der Waals surface area contributed by atoms with E-state index in [2.05, 4.69) is 5.32 Å². The number of carboxylic acids is 2. The number of carbonyl (C=O) groups is 6. The van der Waals surface area contributed by atoms with Gasteiger partial charge in [-0.25, -0.2) is 0 Å². The predicted octanol–water partition coefficient (Wildman–Crippen LogP) is 2.29. The van der Waals surface area contributed by atoms with Crippen LogP contribution in [0.15, 0.2) is 0 Å². The summed E-state index contributed by atoms with van der Waals surface area (Å²) in [6, 6.07) is -1.35. The lowest BCUT2D eigenvalue weighted by atomic mass is 9.96. The van der Waals surface area contributed by atoms with Gasteiger partial charge >= 0.3 is 17.9 Å². The number of carboxylic acid groups (broad SMARTS) is 2. The molecule has 12 nitrogen and oxygen atoms in total. The summed E-state index contributed by atoms with van der Waals surface area (Å²) >= 11 is 0. The third-order valence-electron chi connectivity index (χ3n) is 6.44. The molecule has 0 spiro atoms. The van der Waals surface area contributed by atoms with E-state index in [1.54, 1.807) is 13.8 Å². The van der Waals surface area contributed by atoms with Gasteiger partial charge in [-0.2, -0.15) is 0 Å². The van der Waals surface area contributed by atoms with Crippen LogP contribution < -0.4 is 5.32 Å². The Kier molecular flexibility index (Phi) is 17.4. The van der Waals surface area contributed by atoms with Gasteiger partial charge in [0.25, 0.3) is 0 Å². The molecule has 1 unspecified atom stereocenters. The molecular formula is C27H47N3O9. The van der Waals surface area contributed by atoms with Gasteiger partial charge in [-0.05, 0) is 25.2 Å². The molecule has 0 saturated heterocycles. The van der Waals surface area contributed by atoms with E-state index < -0.39 is 73.2 Å².